The number of nitrogens with zero attached hydrogens (tertiary/aromatic N) is 2. The molecule has 2 bridgehead atoms. The zero-order valence-electron chi connectivity index (χ0n) is 36.1. The molecule has 1 aromatic carbocycles. The van der Waals surface area contributed by atoms with E-state index in [2.05, 4.69) is 16.0 Å². The van der Waals surface area contributed by atoms with E-state index in [1.807, 2.05) is 19.9 Å². The second-order valence-electron chi connectivity index (χ2n) is 17.8. The Morgan fingerprint density at radius 1 is 0.864 bits per heavy atom. The minimum atomic E-state index is -1.32. The number of Topliss-reactive ketones (excluding diaryl/α,β-unsaturated/α-hetero) is 2. The molecule has 2 heterocycles. The highest BCUT2D eigenvalue weighted by atomic mass is 16.5. The highest BCUT2D eigenvalue weighted by molar-refractivity contribution is 5.98. The minimum Gasteiger partial charge on any atom is -0.460 e. The molecule has 3 aliphatic rings. The van der Waals surface area contributed by atoms with Crippen molar-refractivity contribution >= 4 is 47.1 Å². The second kappa shape index (κ2) is 20.5. The minimum absolute atomic E-state index is 0.0473. The van der Waals surface area contributed by atoms with Crippen LogP contribution in [0.4, 0.5) is 0 Å². The van der Waals surface area contributed by atoms with E-state index in [1.54, 1.807) is 52.0 Å². The van der Waals surface area contributed by atoms with Gasteiger partial charge in [-0.1, -0.05) is 71.9 Å². The van der Waals surface area contributed by atoms with Crippen LogP contribution in [0.3, 0.4) is 0 Å². The summed E-state index contributed by atoms with van der Waals surface area (Å²) in [6.45, 7) is 13.5. The summed E-state index contributed by atoms with van der Waals surface area (Å²) in [7, 11) is 1.46. The number of ether oxygens (including phenoxy) is 1. The van der Waals surface area contributed by atoms with Gasteiger partial charge in [0.15, 0.2) is 11.6 Å². The fraction of sp³-hybridized carbons (Fsp3) is 0.682. The summed E-state index contributed by atoms with van der Waals surface area (Å²) < 4.78 is 5.91. The summed E-state index contributed by atoms with van der Waals surface area (Å²) in [6, 6.07) is 3.43. The molecule has 326 valence electrons. The average Bonchev–Trinajstić information content (AvgIpc) is 4.02. The van der Waals surface area contributed by atoms with Gasteiger partial charge in [0.25, 0.3) is 0 Å². The summed E-state index contributed by atoms with van der Waals surface area (Å²) in [5.74, 6) is -8.13. The van der Waals surface area contributed by atoms with Gasteiger partial charge in [0, 0.05) is 38.1 Å². The molecule has 1 aliphatic carbocycles. The van der Waals surface area contributed by atoms with E-state index in [9.17, 15) is 43.5 Å². The Morgan fingerprint density at radius 2 is 1.51 bits per heavy atom. The monoisotopic (exact) mass is 823 g/mol. The Labute approximate surface area is 348 Å². The summed E-state index contributed by atoms with van der Waals surface area (Å²) in [5.41, 5.74) is 0.721. The third-order valence-electron chi connectivity index (χ3n) is 11.8. The molecular weight excluding hydrogens is 759 g/mol. The van der Waals surface area contributed by atoms with Gasteiger partial charge < -0.3 is 35.6 Å². The highest BCUT2D eigenvalue weighted by Crippen LogP contribution is 2.36. The number of likely N-dealkylation sites (N-methyl/N-ethyl adjacent to an activating group) is 1. The molecule has 1 aromatic rings. The Bertz CT molecular complexity index is 1710. The first-order valence-electron chi connectivity index (χ1n) is 21.2. The smallest absolute Gasteiger partial charge is 0.329 e. The quantitative estimate of drug-likeness (QED) is 0.240. The van der Waals surface area contributed by atoms with E-state index in [-0.39, 0.29) is 49.8 Å². The maximum Gasteiger partial charge on any atom is 0.329 e. The Hall–Kier alpha value is -4.66. The molecule has 2 aliphatic heterocycles. The topological polar surface area (TPSA) is 209 Å². The first-order chi connectivity index (χ1) is 27.7. The van der Waals surface area contributed by atoms with Crippen molar-refractivity contribution in [2.45, 2.75) is 149 Å². The van der Waals surface area contributed by atoms with Gasteiger partial charge in [0.2, 0.25) is 29.5 Å². The summed E-state index contributed by atoms with van der Waals surface area (Å²) in [6.07, 6.45) is -1.49. The van der Waals surface area contributed by atoms with Crippen LogP contribution in [0.5, 0.6) is 0 Å². The number of carbonyl (C=O) groups is 8. The zero-order chi connectivity index (χ0) is 43.9. The number of carbonyl (C=O) groups excluding carboxylic acids is 8. The lowest BCUT2D eigenvalue weighted by Crippen LogP contribution is -2.61. The molecule has 59 heavy (non-hydrogen) atoms. The van der Waals surface area contributed by atoms with Gasteiger partial charge in [-0.15, -0.1) is 0 Å². The van der Waals surface area contributed by atoms with Crippen molar-refractivity contribution in [1.82, 2.24) is 25.8 Å². The van der Waals surface area contributed by atoms with Crippen LogP contribution in [0.2, 0.25) is 0 Å². The first kappa shape index (κ1) is 47.0. The molecule has 1 saturated carbocycles. The van der Waals surface area contributed by atoms with Crippen LogP contribution in [0, 0.1) is 35.5 Å². The highest BCUT2D eigenvalue weighted by Gasteiger charge is 2.47. The van der Waals surface area contributed by atoms with Crippen LogP contribution < -0.4 is 16.0 Å². The molecule has 0 radical (unpaired) electrons. The molecule has 15 nitrogen and oxygen atoms in total. The second-order valence-corrected chi connectivity index (χ2v) is 17.8. The number of esters is 1. The maximum atomic E-state index is 14.7. The van der Waals surface area contributed by atoms with Gasteiger partial charge in [-0.05, 0) is 69.3 Å². The van der Waals surface area contributed by atoms with Crippen LogP contribution >= 0.6 is 0 Å². The number of hydrogen-bond donors (Lipinski definition) is 4. The number of amides is 5. The van der Waals surface area contributed by atoms with Crippen molar-refractivity contribution in [2.24, 2.45) is 35.5 Å². The Balaban J connectivity index is 1.81. The fourth-order valence-electron chi connectivity index (χ4n) is 7.87. The number of nitrogens with one attached hydrogen (secondary N) is 3. The maximum absolute atomic E-state index is 14.7. The molecule has 0 aromatic heterocycles. The third-order valence-corrected chi connectivity index (χ3v) is 11.8. The van der Waals surface area contributed by atoms with E-state index in [4.69, 9.17) is 4.74 Å². The van der Waals surface area contributed by atoms with E-state index < -0.39 is 114 Å². The van der Waals surface area contributed by atoms with Crippen LogP contribution in [0.15, 0.2) is 30.3 Å². The average molecular weight is 824 g/mol. The SMILES string of the molecule is CC(C)C[C@H]1C(=O)N(C)[C@@H](Cc2ccccc2)C(=O)N[C@@H](C(C)C)C(=O)O[C@H](C)[C@H](CC(=O)[C@H](C)NC(=O)C(C)C)C(=O)N[C@@H](C2CC2)C(=O)C[C@H]2CC[C@@H](O)N1C2=O. The summed E-state index contributed by atoms with van der Waals surface area (Å²) in [5, 5.41) is 19.6. The van der Waals surface area contributed by atoms with Crippen molar-refractivity contribution in [1.29, 1.82) is 0 Å². The van der Waals surface area contributed by atoms with Gasteiger partial charge in [-0.3, -0.25) is 33.6 Å². The van der Waals surface area contributed by atoms with Crippen LogP contribution in [0.1, 0.15) is 106 Å². The molecule has 15 heteroatoms. The lowest BCUT2D eigenvalue weighted by Gasteiger charge is -2.43. The zero-order valence-corrected chi connectivity index (χ0v) is 36.1. The van der Waals surface area contributed by atoms with Crippen molar-refractivity contribution in [3.05, 3.63) is 35.9 Å². The third kappa shape index (κ3) is 12.2. The predicted octanol–water partition coefficient (Wildman–Crippen LogP) is 2.70. The van der Waals surface area contributed by atoms with Crippen LogP contribution in [-0.4, -0.2) is 112 Å². The molecule has 5 amide bonds. The van der Waals surface area contributed by atoms with Gasteiger partial charge in [-0.2, -0.15) is 0 Å². The van der Waals surface area contributed by atoms with Crippen LogP contribution in [-0.2, 0) is 49.5 Å². The van der Waals surface area contributed by atoms with Crippen molar-refractivity contribution in [3.63, 3.8) is 0 Å². The van der Waals surface area contributed by atoms with Crippen molar-refractivity contribution in [2.75, 3.05) is 7.05 Å². The molecule has 2 saturated heterocycles. The normalized spacial score (nSPS) is 28.7. The van der Waals surface area contributed by atoms with Crippen molar-refractivity contribution in [3.8, 4) is 0 Å². The van der Waals surface area contributed by atoms with Gasteiger partial charge in [-0.25, -0.2) is 4.79 Å². The first-order valence-corrected chi connectivity index (χ1v) is 21.2. The lowest BCUT2D eigenvalue weighted by molar-refractivity contribution is -0.168. The fourth-order valence-corrected chi connectivity index (χ4v) is 7.87. The molecule has 0 unspecified atom stereocenters. The van der Waals surface area contributed by atoms with E-state index in [1.165, 1.54) is 25.8 Å². The lowest BCUT2D eigenvalue weighted by atomic mass is 9.86. The Morgan fingerprint density at radius 3 is 2.08 bits per heavy atom. The van der Waals surface area contributed by atoms with E-state index in [0.717, 1.165) is 10.5 Å². The number of ketones is 2. The van der Waals surface area contributed by atoms with E-state index in [0.29, 0.717) is 12.8 Å². The molecular formula is C44H65N5O10. The van der Waals surface area contributed by atoms with Crippen molar-refractivity contribution < 1.29 is 48.2 Å². The largest absolute Gasteiger partial charge is 0.460 e. The predicted molar refractivity (Wildman–Crippen MR) is 218 cm³/mol. The molecule has 3 fully saturated rings. The summed E-state index contributed by atoms with van der Waals surface area (Å²) >= 11 is 0. The molecule has 0 spiro atoms. The molecule has 9 atom stereocenters. The standard InChI is InChI=1S/C44H65N5O10/c1-23(2)19-33-43(57)48(9)32(20-28-13-11-10-12-14-28)41(55)46-37(24(3)4)44(58)59-27(8)31(22-34(50)26(7)45-39(53)25(5)6)40(54)47-38(29-15-16-29)35(51)21-30-17-18-36(52)49(33)42(30)56/h10-14,23-27,29-33,36-38,52H,15-22H2,1-9H3,(H,45,53)(H,46,55)(H,47,54)/t26-,27+,30+,31-,32-,33-,36+,37-,38-/m0/s1. The Kier molecular flexibility index (Phi) is 16.4. The number of fused-ring (bicyclic) bond motifs is 2. The molecule has 4 N–H and O–H groups in total. The van der Waals surface area contributed by atoms with Crippen LogP contribution in [0.25, 0.3) is 0 Å². The number of benzene rings is 1. The number of piperidine rings is 1. The van der Waals surface area contributed by atoms with E-state index >= 15 is 0 Å². The molecule has 4 rings (SSSR count). The number of cyclic esters (lactones) is 1. The number of aliphatic hydroxyl groups excluding tert-OH is 1. The van der Waals surface area contributed by atoms with Gasteiger partial charge in [0.05, 0.1) is 18.0 Å². The number of hydrogen-bond acceptors (Lipinski definition) is 10. The summed E-state index contributed by atoms with van der Waals surface area (Å²) in [4.78, 5) is 114. The number of rotatable bonds is 11. The van der Waals surface area contributed by atoms with Gasteiger partial charge >= 0.3 is 5.97 Å². The number of aliphatic hydroxyl groups is 1. The van der Waals surface area contributed by atoms with Gasteiger partial charge in [0.1, 0.15) is 30.5 Å².